The first-order valence-corrected chi connectivity index (χ1v) is 7.21. The summed E-state index contributed by atoms with van der Waals surface area (Å²) in [5.74, 6) is 0.790. The average molecular weight is 278 g/mol. The average Bonchev–Trinajstić information content (AvgIpc) is 3.37. The van der Waals surface area contributed by atoms with E-state index >= 15 is 0 Å². The predicted molar refractivity (Wildman–Crippen MR) is 83.0 cm³/mol. The minimum Gasteiger partial charge on any atom is -0.496 e. The summed E-state index contributed by atoms with van der Waals surface area (Å²) in [6.07, 6.45) is 2.60. The van der Waals surface area contributed by atoms with Gasteiger partial charge in [-0.25, -0.2) is 0 Å². The lowest BCUT2D eigenvalue weighted by molar-refractivity contribution is 0.416. The van der Waals surface area contributed by atoms with Crippen LogP contribution in [-0.4, -0.2) is 13.2 Å². The quantitative estimate of drug-likeness (QED) is 0.910. The first kappa shape index (κ1) is 13.7. The van der Waals surface area contributed by atoms with E-state index in [1.807, 2.05) is 12.1 Å². The largest absolute Gasteiger partial charge is 0.496 e. The van der Waals surface area contributed by atoms with Gasteiger partial charge in [-0.15, -0.1) is 0 Å². The monoisotopic (exact) mass is 278 g/mol. The number of nitrogens with zero attached hydrogens (tertiary/aromatic N) is 1. The molecule has 0 spiro atoms. The van der Waals surface area contributed by atoms with E-state index in [4.69, 9.17) is 10.00 Å². The Hall–Kier alpha value is -2.31. The van der Waals surface area contributed by atoms with Gasteiger partial charge < -0.3 is 10.1 Å². The molecule has 21 heavy (non-hydrogen) atoms. The van der Waals surface area contributed by atoms with Gasteiger partial charge in [0, 0.05) is 18.2 Å². The molecule has 0 atom stereocenters. The Morgan fingerprint density at radius 3 is 2.57 bits per heavy atom. The van der Waals surface area contributed by atoms with Crippen molar-refractivity contribution in [1.29, 1.82) is 5.26 Å². The lowest BCUT2D eigenvalue weighted by Crippen LogP contribution is -2.14. The van der Waals surface area contributed by atoms with Crippen LogP contribution in [0.5, 0.6) is 5.75 Å². The van der Waals surface area contributed by atoms with Crippen LogP contribution in [0.4, 0.5) is 0 Å². The summed E-state index contributed by atoms with van der Waals surface area (Å²) in [7, 11) is 1.65. The molecule has 2 aromatic carbocycles. The topological polar surface area (TPSA) is 45.0 Å². The number of benzene rings is 2. The molecular weight excluding hydrogens is 260 g/mol. The smallest absolute Gasteiger partial charge is 0.126 e. The maximum absolute atomic E-state index is 9.05. The van der Waals surface area contributed by atoms with E-state index in [1.165, 1.54) is 18.4 Å². The van der Waals surface area contributed by atoms with Crippen molar-refractivity contribution in [2.45, 2.75) is 25.4 Å². The molecule has 0 unspecified atom stereocenters. The van der Waals surface area contributed by atoms with Crippen LogP contribution < -0.4 is 10.1 Å². The Morgan fingerprint density at radius 1 is 1.19 bits per heavy atom. The van der Waals surface area contributed by atoms with Crippen molar-refractivity contribution in [3.05, 3.63) is 53.6 Å². The second-order valence-electron chi connectivity index (χ2n) is 5.38. The molecular formula is C18H18N2O. The molecule has 1 aliphatic carbocycles. The Balaban J connectivity index is 1.83. The molecule has 1 fully saturated rings. The lowest BCUT2D eigenvalue weighted by atomic mass is 10.0. The van der Waals surface area contributed by atoms with Gasteiger partial charge in [-0.1, -0.05) is 24.3 Å². The van der Waals surface area contributed by atoms with Crippen LogP contribution in [0.3, 0.4) is 0 Å². The Labute approximate surface area is 125 Å². The maximum Gasteiger partial charge on any atom is 0.126 e. The van der Waals surface area contributed by atoms with Crippen molar-refractivity contribution in [2.24, 2.45) is 0 Å². The van der Waals surface area contributed by atoms with Gasteiger partial charge in [0.2, 0.25) is 0 Å². The maximum atomic E-state index is 9.05. The van der Waals surface area contributed by atoms with Gasteiger partial charge in [-0.2, -0.15) is 5.26 Å². The highest BCUT2D eigenvalue weighted by Crippen LogP contribution is 2.31. The van der Waals surface area contributed by atoms with Crippen molar-refractivity contribution in [3.63, 3.8) is 0 Å². The minimum absolute atomic E-state index is 0.644. The van der Waals surface area contributed by atoms with E-state index in [0.29, 0.717) is 5.56 Å². The third kappa shape index (κ3) is 3.24. The van der Waals surface area contributed by atoms with Crippen molar-refractivity contribution < 1.29 is 4.74 Å². The fraction of sp³-hybridized carbons (Fsp3) is 0.278. The zero-order chi connectivity index (χ0) is 14.7. The van der Waals surface area contributed by atoms with Crippen LogP contribution in [0, 0.1) is 11.3 Å². The first-order chi connectivity index (χ1) is 10.3. The number of hydrogen-bond acceptors (Lipinski definition) is 3. The number of nitrogens with one attached hydrogen (secondary N) is 1. The van der Waals surface area contributed by atoms with Crippen LogP contribution in [0.25, 0.3) is 11.1 Å². The van der Waals surface area contributed by atoms with E-state index in [1.54, 1.807) is 13.2 Å². The predicted octanol–water partition coefficient (Wildman–Crippen LogP) is 3.49. The van der Waals surface area contributed by atoms with Crippen molar-refractivity contribution >= 4 is 0 Å². The van der Waals surface area contributed by atoms with Gasteiger partial charge in [0.1, 0.15) is 5.75 Å². The molecule has 0 bridgehead atoms. The molecule has 1 N–H and O–H groups in total. The van der Waals surface area contributed by atoms with Crippen LogP contribution in [-0.2, 0) is 6.54 Å². The zero-order valence-corrected chi connectivity index (χ0v) is 12.1. The molecule has 1 saturated carbocycles. The molecule has 0 amide bonds. The van der Waals surface area contributed by atoms with Gasteiger partial charge in [-0.3, -0.25) is 0 Å². The van der Waals surface area contributed by atoms with Crippen LogP contribution in [0.2, 0.25) is 0 Å². The Kier molecular flexibility index (Phi) is 3.89. The molecule has 3 nitrogen and oxygen atoms in total. The molecule has 2 aromatic rings. The Bertz CT molecular complexity index is 667. The van der Waals surface area contributed by atoms with E-state index in [9.17, 15) is 0 Å². The number of ether oxygens (including phenoxy) is 1. The second-order valence-corrected chi connectivity index (χ2v) is 5.38. The fourth-order valence-corrected chi connectivity index (χ4v) is 2.35. The van der Waals surface area contributed by atoms with E-state index < -0.39 is 0 Å². The highest BCUT2D eigenvalue weighted by Gasteiger charge is 2.19. The summed E-state index contributed by atoms with van der Waals surface area (Å²) in [5.41, 5.74) is 3.95. The summed E-state index contributed by atoms with van der Waals surface area (Å²) >= 11 is 0. The summed E-state index contributed by atoms with van der Waals surface area (Å²) < 4.78 is 5.39. The van der Waals surface area contributed by atoms with Crippen molar-refractivity contribution in [3.8, 4) is 22.9 Å². The third-order valence-corrected chi connectivity index (χ3v) is 3.77. The van der Waals surface area contributed by atoms with Crippen molar-refractivity contribution in [1.82, 2.24) is 5.32 Å². The molecule has 0 saturated heterocycles. The SMILES string of the molecule is COc1ccc(C#N)cc1-c1ccc(CNC2CC2)cc1. The molecule has 0 radical (unpaired) electrons. The molecule has 0 aromatic heterocycles. The standard InChI is InChI=1S/C18H18N2O/c1-21-18-9-4-14(11-19)10-17(18)15-5-2-13(3-6-15)12-20-16-7-8-16/h2-6,9-10,16,20H,7-8,12H2,1H3. The summed E-state index contributed by atoms with van der Waals surface area (Å²) in [4.78, 5) is 0. The van der Waals surface area contributed by atoms with Gasteiger partial charge in [0.15, 0.2) is 0 Å². The third-order valence-electron chi connectivity index (χ3n) is 3.77. The fourth-order valence-electron chi connectivity index (χ4n) is 2.35. The summed E-state index contributed by atoms with van der Waals surface area (Å²) in [6, 6.07) is 16.8. The molecule has 106 valence electrons. The molecule has 0 aliphatic heterocycles. The first-order valence-electron chi connectivity index (χ1n) is 7.21. The van der Waals surface area contributed by atoms with Gasteiger partial charge in [0.05, 0.1) is 18.7 Å². The van der Waals surface area contributed by atoms with E-state index in [-0.39, 0.29) is 0 Å². The van der Waals surface area contributed by atoms with Gasteiger partial charge in [-0.05, 0) is 42.2 Å². The molecule has 3 heteroatoms. The number of rotatable bonds is 5. The molecule has 0 heterocycles. The highest BCUT2D eigenvalue weighted by molar-refractivity contribution is 5.72. The van der Waals surface area contributed by atoms with Gasteiger partial charge >= 0.3 is 0 Å². The second kappa shape index (κ2) is 5.99. The number of methoxy groups -OCH3 is 1. The van der Waals surface area contributed by atoms with Crippen molar-refractivity contribution in [2.75, 3.05) is 7.11 Å². The number of hydrogen-bond donors (Lipinski definition) is 1. The summed E-state index contributed by atoms with van der Waals surface area (Å²) in [5, 5.41) is 12.6. The van der Waals surface area contributed by atoms with Crippen LogP contribution in [0.15, 0.2) is 42.5 Å². The summed E-state index contributed by atoms with van der Waals surface area (Å²) in [6.45, 7) is 0.917. The van der Waals surface area contributed by atoms with E-state index in [0.717, 1.165) is 29.5 Å². The Morgan fingerprint density at radius 2 is 1.95 bits per heavy atom. The van der Waals surface area contributed by atoms with Crippen LogP contribution >= 0.6 is 0 Å². The highest BCUT2D eigenvalue weighted by atomic mass is 16.5. The lowest BCUT2D eigenvalue weighted by Gasteiger charge is -2.10. The van der Waals surface area contributed by atoms with Gasteiger partial charge in [0.25, 0.3) is 0 Å². The zero-order valence-electron chi connectivity index (χ0n) is 12.1. The molecule has 3 rings (SSSR count). The van der Waals surface area contributed by atoms with Crippen LogP contribution in [0.1, 0.15) is 24.0 Å². The number of nitriles is 1. The normalized spacial score (nSPS) is 13.7. The molecule has 1 aliphatic rings. The minimum atomic E-state index is 0.644. The van der Waals surface area contributed by atoms with E-state index in [2.05, 4.69) is 35.7 Å².